The van der Waals surface area contributed by atoms with Crippen LogP contribution in [0.1, 0.15) is 12.8 Å². The molecule has 1 heterocycles. The zero-order valence-corrected chi connectivity index (χ0v) is 9.36. The molecule has 4 nitrogen and oxygen atoms in total. The molecule has 1 aliphatic heterocycles. The highest BCUT2D eigenvalue weighted by Gasteiger charge is 2.29. The lowest BCUT2D eigenvalue weighted by molar-refractivity contribution is -0.144. The van der Waals surface area contributed by atoms with Crippen molar-refractivity contribution in [1.82, 2.24) is 4.90 Å². The number of methoxy groups -OCH3 is 1. The molecule has 0 aromatic rings. The predicted molar refractivity (Wildman–Crippen MR) is 55.2 cm³/mol. The van der Waals surface area contributed by atoms with Crippen LogP contribution in [0.25, 0.3) is 0 Å². The van der Waals surface area contributed by atoms with Crippen LogP contribution in [0, 0.1) is 5.92 Å². The van der Waals surface area contributed by atoms with Gasteiger partial charge in [-0.2, -0.15) is 0 Å². The molecule has 1 unspecified atom stereocenters. The van der Waals surface area contributed by atoms with E-state index in [1.807, 2.05) is 0 Å². The van der Waals surface area contributed by atoms with Crippen LogP contribution in [-0.4, -0.2) is 50.1 Å². The van der Waals surface area contributed by atoms with Gasteiger partial charge in [-0.3, -0.25) is 9.69 Å². The molecule has 2 N–H and O–H groups in total. The van der Waals surface area contributed by atoms with Gasteiger partial charge in [-0.05, 0) is 31.8 Å². The van der Waals surface area contributed by atoms with Gasteiger partial charge in [0.05, 0.1) is 13.7 Å². The standard InChI is InChI=1S/C10H18F2N2O2/c1-16-10(15)9(13)7-2-4-14(5-3-7)6-8(11)12/h7-9H,2-6,13H2,1H3. The molecule has 0 spiro atoms. The van der Waals surface area contributed by atoms with Gasteiger partial charge in [0.15, 0.2) is 0 Å². The summed E-state index contributed by atoms with van der Waals surface area (Å²) in [7, 11) is 1.30. The molecule has 0 bridgehead atoms. The van der Waals surface area contributed by atoms with E-state index < -0.39 is 18.4 Å². The Labute approximate surface area is 93.7 Å². The molecule has 0 radical (unpaired) electrons. The number of carbonyl (C=O) groups is 1. The minimum atomic E-state index is -2.30. The Morgan fingerprint density at radius 2 is 2.06 bits per heavy atom. The number of halogens is 2. The number of ether oxygens (including phenoxy) is 1. The first-order chi connectivity index (χ1) is 7.54. The molecule has 1 atom stereocenters. The molecule has 16 heavy (non-hydrogen) atoms. The SMILES string of the molecule is COC(=O)C(N)C1CCN(CC(F)F)CC1. The van der Waals surface area contributed by atoms with Gasteiger partial charge in [0.1, 0.15) is 6.04 Å². The summed E-state index contributed by atoms with van der Waals surface area (Å²) in [6.45, 7) is 0.944. The largest absolute Gasteiger partial charge is 0.468 e. The van der Waals surface area contributed by atoms with E-state index in [4.69, 9.17) is 5.73 Å². The summed E-state index contributed by atoms with van der Waals surface area (Å²) < 4.78 is 28.8. The Kier molecular flexibility index (Phi) is 5.08. The van der Waals surface area contributed by atoms with E-state index in [1.165, 1.54) is 7.11 Å². The van der Waals surface area contributed by atoms with Crippen LogP contribution < -0.4 is 5.73 Å². The number of carbonyl (C=O) groups excluding carboxylic acids is 1. The third kappa shape index (κ3) is 3.68. The highest BCUT2D eigenvalue weighted by molar-refractivity contribution is 5.75. The molecular weight excluding hydrogens is 218 g/mol. The van der Waals surface area contributed by atoms with Crippen LogP contribution in [0.4, 0.5) is 8.78 Å². The van der Waals surface area contributed by atoms with Gasteiger partial charge in [-0.1, -0.05) is 0 Å². The summed E-state index contributed by atoms with van der Waals surface area (Å²) in [5, 5.41) is 0. The second kappa shape index (κ2) is 6.10. The molecular formula is C10H18F2N2O2. The monoisotopic (exact) mass is 236 g/mol. The summed E-state index contributed by atoms with van der Waals surface area (Å²) in [5.74, 6) is -0.381. The lowest BCUT2D eigenvalue weighted by Gasteiger charge is -2.33. The number of hydrogen-bond acceptors (Lipinski definition) is 4. The smallest absolute Gasteiger partial charge is 0.322 e. The number of nitrogens with zero attached hydrogens (tertiary/aromatic N) is 1. The third-order valence-electron chi connectivity index (χ3n) is 3.01. The zero-order valence-electron chi connectivity index (χ0n) is 9.36. The Morgan fingerprint density at radius 3 is 2.50 bits per heavy atom. The van der Waals surface area contributed by atoms with Crippen LogP contribution in [0.2, 0.25) is 0 Å². The quantitative estimate of drug-likeness (QED) is 0.721. The molecule has 0 aromatic heterocycles. The predicted octanol–water partition coefficient (Wildman–Crippen LogP) is 0.464. The van der Waals surface area contributed by atoms with Crippen molar-refractivity contribution in [2.75, 3.05) is 26.7 Å². The molecule has 1 rings (SSSR count). The van der Waals surface area contributed by atoms with Crippen LogP contribution in [0.3, 0.4) is 0 Å². The number of alkyl halides is 2. The van der Waals surface area contributed by atoms with Crippen molar-refractivity contribution in [3.63, 3.8) is 0 Å². The first-order valence-corrected chi connectivity index (χ1v) is 5.38. The van der Waals surface area contributed by atoms with E-state index in [0.717, 1.165) is 0 Å². The zero-order chi connectivity index (χ0) is 12.1. The molecule has 0 amide bonds. The molecule has 1 saturated heterocycles. The van der Waals surface area contributed by atoms with Crippen LogP contribution in [0.15, 0.2) is 0 Å². The lowest BCUT2D eigenvalue weighted by Crippen LogP contribution is -2.46. The van der Waals surface area contributed by atoms with Crippen molar-refractivity contribution in [2.24, 2.45) is 11.7 Å². The molecule has 0 aliphatic carbocycles. The molecule has 0 aromatic carbocycles. The van der Waals surface area contributed by atoms with Gasteiger partial charge in [0, 0.05) is 0 Å². The fourth-order valence-electron chi connectivity index (χ4n) is 2.02. The molecule has 0 saturated carbocycles. The summed E-state index contributed by atoms with van der Waals surface area (Å²) in [6, 6.07) is -0.626. The number of hydrogen-bond donors (Lipinski definition) is 1. The Balaban J connectivity index is 2.34. The second-order valence-corrected chi connectivity index (χ2v) is 4.08. The molecule has 94 valence electrons. The van der Waals surface area contributed by atoms with E-state index in [9.17, 15) is 13.6 Å². The lowest BCUT2D eigenvalue weighted by atomic mass is 9.90. The van der Waals surface area contributed by atoms with Crippen molar-refractivity contribution in [3.05, 3.63) is 0 Å². The minimum absolute atomic E-state index is 0.0429. The van der Waals surface area contributed by atoms with Gasteiger partial charge >= 0.3 is 5.97 Å². The number of piperidine rings is 1. The van der Waals surface area contributed by atoms with Gasteiger partial charge < -0.3 is 10.5 Å². The number of rotatable bonds is 4. The summed E-state index contributed by atoms with van der Waals surface area (Å²) in [5.41, 5.74) is 5.71. The van der Waals surface area contributed by atoms with Crippen molar-refractivity contribution >= 4 is 5.97 Å². The molecule has 6 heteroatoms. The topological polar surface area (TPSA) is 55.6 Å². The number of esters is 1. The minimum Gasteiger partial charge on any atom is -0.468 e. The molecule has 1 aliphatic rings. The second-order valence-electron chi connectivity index (χ2n) is 4.08. The number of nitrogens with two attached hydrogens (primary N) is 1. The normalized spacial score (nSPS) is 21.1. The van der Waals surface area contributed by atoms with Gasteiger partial charge in [0.25, 0.3) is 6.43 Å². The Hall–Kier alpha value is -0.750. The third-order valence-corrected chi connectivity index (χ3v) is 3.01. The van der Waals surface area contributed by atoms with Crippen LogP contribution >= 0.6 is 0 Å². The van der Waals surface area contributed by atoms with Gasteiger partial charge in [-0.25, -0.2) is 8.78 Å². The van der Waals surface area contributed by atoms with E-state index in [0.29, 0.717) is 25.9 Å². The van der Waals surface area contributed by atoms with Gasteiger partial charge in [-0.15, -0.1) is 0 Å². The van der Waals surface area contributed by atoms with Crippen molar-refractivity contribution < 1.29 is 18.3 Å². The van der Waals surface area contributed by atoms with E-state index >= 15 is 0 Å². The summed E-state index contributed by atoms with van der Waals surface area (Å²) >= 11 is 0. The average Bonchev–Trinajstić information content (AvgIpc) is 2.27. The first kappa shape index (κ1) is 13.3. The Bertz CT molecular complexity index is 231. The first-order valence-electron chi connectivity index (χ1n) is 5.38. The highest BCUT2D eigenvalue weighted by Crippen LogP contribution is 2.20. The Morgan fingerprint density at radius 1 is 1.50 bits per heavy atom. The summed E-state index contributed by atoms with van der Waals surface area (Å²) in [4.78, 5) is 12.9. The number of likely N-dealkylation sites (tertiary alicyclic amines) is 1. The maximum absolute atomic E-state index is 12.1. The fourth-order valence-corrected chi connectivity index (χ4v) is 2.02. The fraction of sp³-hybridized carbons (Fsp3) is 0.900. The summed E-state index contributed by atoms with van der Waals surface area (Å²) in [6.07, 6.45) is -0.961. The van der Waals surface area contributed by atoms with E-state index in [1.54, 1.807) is 4.90 Å². The molecule has 1 fully saturated rings. The van der Waals surface area contributed by atoms with E-state index in [2.05, 4.69) is 4.74 Å². The highest BCUT2D eigenvalue weighted by atomic mass is 19.3. The maximum atomic E-state index is 12.1. The average molecular weight is 236 g/mol. The van der Waals surface area contributed by atoms with Crippen molar-refractivity contribution in [3.8, 4) is 0 Å². The van der Waals surface area contributed by atoms with Crippen LogP contribution in [-0.2, 0) is 9.53 Å². The maximum Gasteiger partial charge on any atom is 0.322 e. The van der Waals surface area contributed by atoms with Crippen LogP contribution in [0.5, 0.6) is 0 Å². The van der Waals surface area contributed by atoms with Crippen molar-refractivity contribution in [2.45, 2.75) is 25.3 Å². The van der Waals surface area contributed by atoms with E-state index in [-0.39, 0.29) is 12.5 Å². The van der Waals surface area contributed by atoms with Gasteiger partial charge in [0.2, 0.25) is 0 Å². The van der Waals surface area contributed by atoms with Crippen molar-refractivity contribution in [1.29, 1.82) is 0 Å².